The first-order valence-electron chi connectivity index (χ1n) is 4.72. The highest BCUT2D eigenvalue weighted by molar-refractivity contribution is 5.44. The number of hydrazine groups is 1. The van der Waals surface area contributed by atoms with Gasteiger partial charge in [-0.1, -0.05) is 0 Å². The summed E-state index contributed by atoms with van der Waals surface area (Å²) in [6, 6.07) is -0.255. The van der Waals surface area contributed by atoms with E-state index in [-0.39, 0.29) is 6.04 Å². The van der Waals surface area contributed by atoms with Gasteiger partial charge in [-0.2, -0.15) is 5.10 Å². The molecule has 0 aliphatic heterocycles. The largest absolute Gasteiger partial charge is 0.384 e. The lowest BCUT2D eigenvalue weighted by atomic mass is 10.1. The molecule has 0 aliphatic carbocycles. The van der Waals surface area contributed by atoms with Crippen molar-refractivity contribution in [3.8, 4) is 0 Å². The minimum atomic E-state index is -0.255. The van der Waals surface area contributed by atoms with Crippen LogP contribution in [-0.4, -0.2) is 19.7 Å². The fraction of sp³-hybridized carbons (Fsp3) is 0.222. The average Bonchev–Trinajstić information content (AvgIpc) is 2.64. The lowest BCUT2D eigenvalue weighted by Crippen LogP contribution is -2.29. The van der Waals surface area contributed by atoms with E-state index in [1.807, 2.05) is 0 Å². The highest BCUT2D eigenvalue weighted by Crippen LogP contribution is 2.24. The summed E-state index contributed by atoms with van der Waals surface area (Å²) in [5, 5.41) is 4.07. The first kappa shape index (κ1) is 10.5. The molecule has 0 amide bonds. The number of rotatable bonds is 3. The molecule has 2 heterocycles. The maximum atomic E-state index is 5.88. The molecule has 2 aromatic heterocycles. The van der Waals surface area contributed by atoms with Crippen LogP contribution < -0.4 is 17.0 Å². The standard InChI is InChI=1S/C9H13N7/c1-16-9(10)7(4-14-16)8(15-11)6-2-12-5-13-3-6/h2-5,8,15H,10-11H2,1H3. The first-order chi connectivity index (χ1) is 7.74. The normalized spacial score (nSPS) is 12.6. The highest BCUT2D eigenvalue weighted by Gasteiger charge is 2.18. The van der Waals surface area contributed by atoms with Crippen LogP contribution in [0, 0.1) is 0 Å². The van der Waals surface area contributed by atoms with Gasteiger partial charge in [-0.3, -0.25) is 10.5 Å². The summed E-state index contributed by atoms with van der Waals surface area (Å²) in [6.45, 7) is 0. The topological polar surface area (TPSA) is 108 Å². The van der Waals surface area contributed by atoms with Gasteiger partial charge in [0.1, 0.15) is 12.1 Å². The number of hydrogen-bond acceptors (Lipinski definition) is 6. The second kappa shape index (κ2) is 4.25. The second-order valence-electron chi connectivity index (χ2n) is 3.38. The lowest BCUT2D eigenvalue weighted by molar-refractivity contribution is 0.633. The van der Waals surface area contributed by atoms with Gasteiger partial charge in [0.2, 0.25) is 0 Å². The Morgan fingerprint density at radius 2 is 2.00 bits per heavy atom. The third-order valence-corrected chi connectivity index (χ3v) is 2.41. The fourth-order valence-corrected chi connectivity index (χ4v) is 1.51. The number of nitrogens with one attached hydrogen (secondary N) is 1. The smallest absolute Gasteiger partial charge is 0.126 e. The van der Waals surface area contributed by atoms with Crippen molar-refractivity contribution < 1.29 is 0 Å². The first-order valence-corrected chi connectivity index (χ1v) is 4.72. The van der Waals surface area contributed by atoms with Crippen molar-refractivity contribution in [1.29, 1.82) is 0 Å². The van der Waals surface area contributed by atoms with Crippen LogP contribution >= 0.6 is 0 Å². The molecule has 16 heavy (non-hydrogen) atoms. The van der Waals surface area contributed by atoms with Crippen LogP contribution in [0.2, 0.25) is 0 Å². The Bertz CT molecular complexity index is 464. The van der Waals surface area contributed by atoms with Crippen molar-refractivity contribution in [3.05, 3.63) is 36.0 Å². The summed E-state index contributed by atoms with van der Waals surface area (Å²) in [6.07, 6.45) is 6.50. The van der Waals surface area contributed by atoms with Crippen LogP contribution in [0.1, 0.15) is 17.2 Å². The van der Waals surface area contributed by atoms with Crippen LogP contribution in [0.3, 0.4) is 0 Å². The molecule has 0 radical (unpaired) electrons. The Morgan fingerprint density at radius 1 is 1.31 bits per heavy atom. The number of nitrogens with zero attached hydrogens (tertiary/aromatic N) is 4. The van der Waals surface area contributed by atoms with Crippen molar-refractivity contribution in [3.63, 3.8) is 0 Å². The Hall–Kier alpha value is -1.99. The summed E-state index contributed by atoms with van der Waals surface area (Å²) in [5.41, 5.74) is 10.2. The third kappa shape index (κ3) is 1.73. The number of aromatic nitrogens is 4. The molecule has 2 aromatic rings. The molecule has 0 spiro atoms. The van der Waals surface area contributed by atoms with Gasteiger partial charge >= 0.3 is 0 Å². The maximum Gasteiger partial charge on any atom is 0.126 e. The Balaban J connectivity index is 2.41. The molecular weight excluding hydrogens is 206 g/mol. The predicted octanol–water partition coefficient (Wildman–Crippen LogP) is -0.655. The highest BCUT2D eigenvalue weighted by atomic mass is 15.3. The van der Waals surface area contributed by atoms with E-state index in [1.54, 1.807) is 30.3 Å². The maximum absolute atomic E-state index is 5.88. The molecule has 0 aliphatic rings. The van der Waals surface area contributed by atoms with Gasteiger partial charge in [-0.25, -0.2) is 15.4 Å². The van der Waals surface area contributed by atoms with Crippen LogP contribution in [0.5, 0.6) is 0 Å². The van der Waals surface area contributed by atoms with E-state index in [2.05, 4.69) is 20.5 Å². The van der Waals surface area contributed by atoms with Crippen molar-refractivity contribution >= 4 is 5.82 Å². The zero-order chi connectivity index (χ0) is 11.5. The van der Waals surface area contributed by atoms with Crippen molar-refractivity contribution in [1.82, 2.24) is 25.2 Å². The Labute approximate surface area is 92.5 Å². The Morgan fingerprint density at radius 3 is 2.50 bits per heavy atom. The van der Waals surface area contributed by atoms with Gasteiger partial charge in [-0.05, 0) is 0 Å². The summed E-state index contributed by atoms with van der Waals surface area (Å²) >= 11 is 0. The van der Waals surface area contributed by atoms with Crippen molar-refractivity contribution in [2.45, 2.75) is 6.04 Å². The molecule has 0 fully saturated rings. The molecule has 1 atom stereocenters. The predicted molar refractivity (Wildman–Crippen MR) is 58.8 cm³/mol. The summed E-state index contributed by atoms with van der Waals surface area (Å²) in [7, 11) is 1.77. The van der Waals surface area contributed by atoms with E-state index >= 15 is 0 Å². The number of anilines is 1. The van der Waals surface area contributed by atoms with Gasteiger partial charge in [0, 0.05) is 30.6 Å². The van der Waals surface area contributed by atoms with E-state index in [1.165, 1.54) is 6.33 Å². The third-order valence-electron chi connectivity index (χ3n) is 2.41. The van der Waals surface area contributed by atoms with Crippen molar-refractivity contribution in [2.75, 3.05) is 5.73 Å². The molecule has 7 heteroatoms. The SMILES string of the molecule is Cn1ncc(C(NN)c2cncnc2)c1N. The lowest BCUT2D eigenvalue weighted by Gasteiger charge is -2.14. The summed E-state index contributed by atoms with van der Waals surface area (Å²) < 4.78 is 1.59. The van der Waals surface area contributed by atoms with Gasteiger partial charge in [0.05, 0.1) is 12.2 Å². The molecule has 0 saturated heterocycles. The molecule has 2 rings (SSSR count). The van der Waals surface area contributed by atoms with Crippen molar-refractivity contribution in [2.24, 2.45) is 12.9 Å². The quantitative estimate of drug-likeness (QED) is 0.467. The minimum Gasteiger partial charge on any atom is -0.384 e. The molecule has 84 valence electrons. The van der Waals surface area contributed by atoms with E-state index in [4.69, 9.17) is 11.6 Å². The molecule has 0 bridgehead atoms. The van der Waals surface area contributed by atoms with Gasteiger partial charge < -0.3 is 5.73 Å². The number of aryl methyl sites for hydroxylation is 1. The Kier molecular flexibility index (Phi) is 2.80. The molecule has 0 aromatic carbocycles. The number of hydrogen-bond donors (Lipinski definition) is 3. The van der Waals surface area contributed by atoms with E-state index in [9.17, 15) is 0 Å². The molecule has 0 saturated carbocycles. The van der Waals surface area contributed by atoms with Gasteiger partial charge in [-0.15, -0.1) is 0 Å². The van der Waals surface area contributed by atoms with E-state index in [0.29, 0.717) is 5.82 Å². The minimum absolute atomic E-state index is 0.255. The van der Waals surface area contributed by atoms with Crippen LogP contribution in [-0.2, 0) is 7.05 Å². The zero-order valence-electron chi connectivity index (χ0n) is 8.83. The van der Waals surface area contributed by atoms with Crippen LogP contribution in [0.25, 0.3) is 0 Å². The summed E-state index contributed by atoms with van der Waals surface area (Å²) in [4.78, 5) is 7.88. The van der Waals surface area contributed by atoms with Gasteiger partial charge in [0.25, 0.3) is 0 Å². The van der Waals surface area contributed by atoms with Gasteiger partial charge in [0.15, 0.2) is 0 Å². The molecular formula is C9H13N7. The fourth-order valence-electron chi connectivity index (χ4n) is 1.51. The number of nitrogens with two attached hydrogens (primary N) is 2. The van der Waals surface area contributed by atoms with Crippen LogP contribution in [0.15, 0.2) is 24.9 Å². The summed E-state index contributed by atoms with van der Waals surface area (Å²) in [5.74, 6) is 6.08. The van der Waals surface area contributed by atoms with E-state index < -0.39 is 0 Å². The van der Waals surface area contributed by atoms with Crippen LogP contribution in [0.4, 0.5) is 5.82 Å². The molecule has 5 N–H and O–H groups in total. The molecule has 1 unspecified atom stereocenters. The second-order valence-corrected chi connectivity index (χ2v) is 3.38. The number of nitrogen functional groups attached to an aromatic ring is 1. The monoisotopic (exact) mass is 219 g/mol. The van der Waals surface area contributed by atoms with E-state index in [0.717, 1.165) is 11.1 Å². The zero-order valence-corrected chi connectivity index (χ0v) is 8.83. The molecule has 7 nitrogen and oxygen atoms in total. The average molecular weight is 219 g/mol.